The van der Waals surface area contributed by atoms with Gasteiger partial charge in [0, 0.05) is 23.0 Å². The summed E-state index contributed by atoms with van der Waals surface area (Å²) in [6.07, 6.45) is 2.65. The molecule has 0 fully saturated rings. The summed E-state index contributed by atoms with van der Waals surface area (Å²) in [7, 11) is 0. The molecule has 2 nitrogen and oxygen atoms in total. The molecule has 0 amide bonds. The maximum absolute atomic E-state index is 6.44. The van der Waals surface area contributed by atoms with Gasteiger partial charge in [0.15, 0.2) is 0 Å². The molecule has 1 heterocycles. The fraction of sp³-hybridized carbons (Fsp3) is 0.278. The largest absolute Gasteiger partial charge is 0.367 e. The van der Waals surface area contributed by atoms with Crippen LogP contribution in [0.3, 0.4) is 0 Å². The predicted octanol–water partition coefficient (Wildman–Crippen LogP) is 6.37. The van der Waals surface area contributed by atoms with Crippen LogP contribution in [-0.4, -0.2) is 12.4 Å². The van der Waals surface area contributed by atoms with Crippen LogP contribution in [0.25, 0.3) is 0 Å². The molecule has 1 unspecified atom stereocenters. The Bertz CT molecular complexity index is 774. The minimum atomic E-state index is -0.0796. The Morgan fingerprint density at radius 1 is 1.04 bits per heavy atom. The van der Waals surface area contributed by atoms with Crippen LogP contribution in [-0.2, 0) is 6.42 Å². The van der Waals surface area contributed by atoms with Gasteiger partial charge in [-0.15, -0.1) is 0 Å². The van der Waals surface area contributed by atoms with Crippen LogP contribution >= 0.6 is 46.4 Å². The molecule has 0 radical (unpaired) electrons. The van der Waals surface area contributed by atoms with Crippen LogP contribution in [0.15, 0.2) is 41.4 Å². The summed E-state index contributed by atoms with van der Waals surface area (Å²) in [6.45, 7) is 0.857. The van der Waals surface area contributed by atoms with Crippen LogP contribution < -0.4 is 5.32 Å². The molecule has 0 bridgehead atoms. The normalized spacial score (nSPS) is 15.2. The SMILES string of the molecule is Clc1ccc(Cl)c(CC(NC2=NCCC2)c2cccc(Cl)c2Cl)c1. The second kappa shape index (κ2) is 7.97. The molecular formula is C18H16Cl4N2. The van der Waals surface area contributed by atoms with E-state index in [0.29, 0.717) is 26.5 Å². The summed E-state index contributed by atoms with van der Waals surface area (Å²) >= 11 is 25.1. The Morgan fingerprint density at radius 3 is 2.62 bits per heavy atom. The molecule has 0 aliphatic carbocycles. The first-order valence-electron chi connectivity index (χ1n) is 7.72. The first-order chi connectivity index (χ1) is 11.5. The molecule has 1 aliphatic rings. The summed E-state index contributed by atoms with van der Waals surface area (Å²) in [4.78, 5) is 4.51. The van der Waals surface area contributed by atoms with Gasteiger partial charge in [-0.3, -0.25) is 4.99 Å². The molecule has 24 heavy (non-hydrogen) atoms. The monoisotopic (exact) mass is 400 g/mol. The minimum absolute atomic E-state index is 0.0796. The average molecular weight is 402 g/mol. The van der Waals surface area contributed by atoms with Gasteiger partial charge in [-0.2, -0.15) is 0 Å². The Hall–Kier alpha value is -0.930. The third-order valence-electron chi connectivity index (χ3n) is 4.00. The van der Waals surface area contributed by atoms with E-state index >= 15 is 0 Å². The first kappa shape index (κ1) is 17.9. The highest BCUT2D eigenvalue weighted by Gasteiger charge is 2.21. The number of halogens is 4. The number of amidine groups is 1. The summed E-state index contributed by atoms with van der Waals surface area (Å²) in [5.41, 5.74) is 1.88. The van der Waals surface area contributed by atoms with Gasteiger partial charge in [0.25, 0.3) is 0 Å². The Morgan fingerprint density at radius 2 is 1.88 bits per heavy atom. The van der Waals surface area contributed by atoms with Gasteiger partial charge in [-0.1, -0.05) is 58.5 Å². The second-order valence-corrected chi connectivity index (χ2v) is 7.34. The Labute approximate surface area is 161 Å². The fourth-order valence-electron chi connectivity index (χ4n) is 2.81. The number of rotatable bonds is 4. The topological polar surface area (TPSA) is 24.4 Å². The van der Waals surface area contributed by atoms with Crippen molar-refractivity contribution in [2.45, 2.75) is 25.3 Å². The second-order valence-electron chi connectivity index (χ2n) is 5.71. The van der Waals surface area contributed by atoms with Gasteiger partial charge in [0.1, 0.15) is 0 Å². The van der Waals surface area contributed by atoms with Crippen molar-refractivity contribution < 1.29 is 0 Å². The van der Waals surface area contributed by atoms with Gasteiger partial charge in [-0.25, -0.2) is 0 Å². The zero-order chi connectivity index (χ0) is 17.1. The number of aliphatic imine (C=N–C) groups is 1. The van der Waals surface area contributed by atoms with E-state index in [1.807, 2.05) is 24.3 Å². The molecule has 2 aromatic carbocycles. The highest BCUT2D eigenvalue weighted by atomic mass is 35.5. The number of benzene rings is 2. The van der Waals surface area contributed by atoms with Crippen LogP contribution in [0.4, 0.5) is 0 Å². The molecule has 0 spiro atoms. The highest BCUT2D eigenvalue weighted by molar-refractivity contribution is 6.42. The molecular weight excluding hydrogens is 386 g/mol. The molecule has 0 saturated carbocycles. The van der Waals surface area contributed by atoms with Crippen LogP contribution in [0.2, 0.25) is 20.1 Å². The molecule has 1 N–H and O–H groups in total. The molecule has 6 heteroatoms. The highest BCUT2D eigenvalue weighted by Crippen LogP contribution is 2.33. The molecule has 126 valence electrons. The van der Waals surface area contributed by atoms with Crippen molar-refractivity contribution in [2.24, 2.45) is 4.99 Å². The van der Waals surface area contributed by atoms with Gasteiger partial charge in [0.2, 0.25) is 0 Å². The number of hydrogen-bond acceptors (Lipinski definition) is 2. The van der Waals surface area contributed by atoms with Gasteiger partial charge < -0.3 is 5.32 Å². The summed E-state index contributed by atoms with van der Waals surface area (Å²) in [6, 6.07) is 11.0. The van der Waals surface area contributed by atoms with Crippen molar-refractivity contribution in [1.82, 2.24) is 5.32 Å². The van der Waals surface area contributed by atoms with E-state index in [1.165, 1.54) is 0 Å². The summed E-state index contributed by atoms with van der Waals surface area (Å²) in [5, 5.41) is 5.92. The Balaban J connectivity index is 1.95. The lowest BCUT2D eigenvalue weighted by molar-refractivity contribution is 0.639. The van der Waals surface area contributed by atoms with E-state index in [0.717, 1.165) is 36.3 Å². The molecule has 0 saturated heterocycles. The third-order valence-corrected chi connectivity index (χ3v) is 5.44. The van der Waals surface area contributed by atoms with Crippen molar-refractivity contribution in [3.8, 4) is 0 Å². The standard InChI is InChI=1S/C18H16Cl4N2/c19-12-6-7-14(20)11(9-12)10-16(24-17-5-2-8-23-17)13-3-1-4-15(21)18(13)22/h1,3-4,6-7,9,16H,2,5,8,10H2,(H,23,24). The molecule has 3 rings (SSSR count). The van der Waals surface area contributed by atoms with Crippen molar-refractivity contribution in [2.75, 3.05) is 6.54 Å². The van der Waals surface area contributed by atoms with Crippen molar-refractivity contribution in [1.29, 1.82) is 0 Å². The van der Waals surface area contributed by atoms with Crippen molar-refractivity contribution >= 4 is 52.2 Å². The van der Waals surface area contributed by atoms with Gasteiger partial charge >= 0.3 is 0 Å². The quantitative estimate of drug-likeness (QED) is 0.632. The maximum atomic E-state index is 6.44. The Kier molecular flexibility index (Phi) is 5.93. The van der Waals surface area contributed by atoms with E-state index in [-0.39, 0.29) is 6.04 Å². The van der Waals surface area contributed by atoms with Gasteiger partial charge in [-0.05, 0) is 48.2 Å². The minimum Gasteiger partial charge on any atom is -0.367 e. The fourth-order valence-corrected chi connectivity index (χ4v) is 3.64. The van der Waals surface area contributed by atoms with Crippen molar-refractivity contribution in [3.63, 3.8) is 0 Å². The number of nitrogens with one attached hydrogen (secondary N) is 1. The zero-order valence-electron chi connectivity index (χ0n) is 12.8. The lowest BCUT2D eigenvalue weighted by atomic mass is 9.98. The lowest BCUT2D eigenvalue weighted by Gasteiger charge is -2.22. The summed E-state index contributed by atoms with van der Waals surface area (Å²) in [5.74, 6) is 0.995. The number of hydrogen-bond donors (Lipinski definition) is 1. The first-order valence-corrected chi connectivity index (χ1v) is 9.23. The van der Waals surface area contributed by atoms with E-state index in [9.17, 15) is 0 Å². The number of nitrogens with zero attached hydrogens (tertiary/aromatic N) is 1. The zero-order valence-corrected chi connectivity index (χ0v) is 15.9. The van der Waals surface area contributed by atoms with E-state index in [1.54, 1.807) is 12.1 Å². The summed E-state index contributed by atoms with van der Waals surface area (Å²) < 4.78 is 0. The predicted molar refractivity (Wildman–Crippen MR) is 104 cm³/mol. The lowest BCUT2D eigenvalue weighted by Crippen LogP contribution is -2.29. The molecule has 1 aliphatic heterocycles. The van der Waals surface area contributed by atoms with Crippen LogP contribution in [0, 0.1) is 0 Å². The van der Waals surface area contributed by atoms with Crippen molar-refractivity contribution in [3.05, 3.63) is 67.6 Å². The molecule has 1 atom stereocenters. The smallest absolute Gasteiger partial charge is 0.0968 e. The third kappa shape index (κ3) is 4.18. The van der Waals surface area contributed by atoms with Crippen LogP contribution in [0.5, 0.6) is 0 Å². The maximum Gasteiger partial charge on any atom is 0.0968 e. The van der Waals surface area contributed by atoms with E-state index < -0.39 is 0 Å². The molecule has 0 aromatic heterocycles. The van der Waals surface area contributed by atoms with Gasteiger partial charge in [0.05, 0.1) is 21.9 Å². The van der Waals surface area contributed by atoms with E-state index in [4.69, 9.17) is 46.4 Å². The molecule has 2 aromatic rings. The van der Waals surface area contributed by atoms with Crippen LogP contribution in [0.1, 0.15) is 30.0 Å². The van der Waals surface area contributed by atoms with E-state index in [2.05, 4.69) is 10.3 Å². The average Bonchev–Trinajstić information content (AvgIpc) is 3.06.